The van der Waals surface area contributed by atoms with Gasteiger partial charge in [0.05, 0.1) is 0 Å². The van der Waals surface area contributed by atoms with Gasteiger partial charge in [-0.1, -0.05) is 6.42 Å². The van der Waals surface area contributed by atoms with Crippen molar-refractivity contribution in [3.05, 3.63) is 0 Å². The largest absolute Gasteiger partial charge is 0.329 e. The molecule has 0 spiro atoms. The summed E-state index contributed by atoms with van der Waals surface area (Å²) in [4.78, 5) is 0. The van der Waals surface area contributed by atoms with Crippen LogP contribution in [0.1, 0.15) is 19.3 Å². The van der Waals surface area contributed by atoms with E-state index in [1.54, 1.807) is 0 Å². The number of hydrogen-bond acceptors (Lipinski definition) is 3. The van der Waals surface area contributed by atoms with E-state index in [0.29, 0.717) is 0 Å². The molecule has 3 nitrogen and oxygen atoms in total. The zero-order valence-electron chi connectivity index (χ0n) is 5.71. The summed E-state index contributed by atoms with van der Waals surface area (Å²) in [6.45, 7) is 2.29. The molecule has 0 saturated carbocycles. The van der Waals surface area contributed by atoms with E-state index in [0.717, 1.165) is 13.1 Å². The highest BCUT2D eigenvalue weighted by Gasteiger charge is 2.14. The maximum absolute atomic E-state index is 5.61. The zero-order chi connectivity index (χ0) is 6.69. The van der Waals surface area contributed by atoms with Gasteiger partial charge in [-0.25, -0.2) is 0 Å². The minimum atomic E-state index is -1.42. The lowest BCUT2D eigenvalue weighted by Gasteiger charge is -2.28. The number of rotatable bonds is 1. The van der Waals surface area contributed by atoms with Crippen molar-refractivity contribution in [1.29, 1.82) is 0 Å². The molecule has 1 aliphatic rings. The van der Waals surface area contributed by atoms with Crippen LogP contribution in [0.3, 0.4) is 0 Å². The lowest BCUT2D eigenvalue weighted by Crippen LogP contribution is -2.55. The number of nitrogens with zero attached hydrogens (tertiary/aromatic N) is 1. The molecule has 4 N–H and O–H groups in total. The van der Waals surface area contributed by atoms with E-state index in [1.807, 2.05) is 0 Å². The predicted octanol–water partition coefficient (Wildman–Crippen LogP) is -0.893. The van der Waals surface area contributed by atoms with Gasteiger partial charge in [0.1, 0.15) is 0 Å². The van der Waals surface area contributed by atoms with E-state index in [9.17, 15) is 0 Å². The van der Waals surface area contributed by atoms with Gasteiger partial charge in [0.25, 0.3) is 9.28 Å². The molecular formula is C5H15N3Si. The Balaban J connectivity index is 2.23. The molecule has 4 heteroatoms. The van der Waals surface area contributed by atoms with Crippen molar-refractivity contribution >= 4 is 9.28 Å². The van der Waals surface area contributed by atoms with Crippen molar-refractivity contribution in [3.8, 4) is 0 Å². The molecule has 1 saturated heterocycles. The van der Waals surface area contributed by atoms with Gasteiger partial charge in [0.15, 0.2) is 0 Å². The summed E-state index contributed by atoms with van der Waals surface area (Å²) in [6, 6.07) is 0. The monoisotopic (exact) mass is 145 g/mol. The second-order valence-corrected chi connectivity index (χ2v) is 4.30. The fourth-order valence-corrected chi connectivity index (χ4v) is 2.18. The van der Waals surface area contributed by atoms with Crippen LogP contribution in [0.2, 0.25) is 0 Å². The second kappa shape index (κ2) is 3.31. The first-order chi connectivity index (χ1) is 4.30. The summed E-state index contributed by atoms with van der Waals surface area (Å²) in [5.41, 5.74) is 0. The van der Waals surface area contributed by atoms with Gasteiger partial charge >= 0.3 is 0 Å². The van der Waals surface area contributed by atoms with Crippen LogP contribution in [0.4, 0.5) is 0 Å². The average Bonchev–Trinajstić information content (AvgIpc) is 1.90. The van der Waals surface area contributed by atoms with E-state index in [-0.39, 0.29) is 0 Å². The van der Waals surface area contributed by atoms with Gasteiger partial charge in [-0.15, -0.1) is 0 Å². The highest BCUT2D eigenvalue weighted by atomic mass is 28.3. The molecule has 0 radical (unpaired) electrons. The number of nitrogens with two attached hydrogens (primary N) is 2. The molecule has 1 aliphatic heterocycles. The van der Waals surface area contributed by atoms with Crippen LogP contribution < -0.4 is 10.8 Å². The van der Waals surface area contributed by atoms with Crippen LogP contribution in [-0.4, -0.2) is 26.9 Å². The summed E-state index contributed by atoms with van der Waals surface area (Å²) in [5.74, 6) is 0. The van der Waals surface area contributed by atoms with Gasteiger partial charge in [-0.2, -0.15) is 0 Å². The topological polar surface area (TPSA) is 55.3 Å². The molecule has 0 aliphatic carbocycles. The minimum absolute atomic E-state index is 1.14. The van der Waals surface area contributed by atoms with Gasteiger partial charge in [0, 0.05) is 0 Å². The molecule has 0 aromatic rings. The van der Waals surface area contributed by atoms with Crippen LogP contribution in [0, 0.1) is 0 Å². The molecule has 0 amide bonds. The lowest BCUT2D eigenvalue weighted by molar-refractivity contribution is 0.351. The van der Waals surface area contributed by atoms with Crippen LogP contribution >= 0.6 is 0 Å². The Morgan fingerprint density at radius 3 is 1.89 bits per heavy atom. The van der Waals surface area contributed by atoms with Crippen LogP contribution in [-0.2, 0) is 0 Å². The maximum atomic E-state index is 5.61. The molecule has 1 heterocycles. The highest BCUT2D eigenvalue weighted by molar-refractivity contribution is 6.48. The van der Waals surface area contributed by atoms with Gasteiger partial charge < -0.3 is 15.4 Å². The van der Waals surface area contributed by atoms with E-state index in [2.05, 4.69) is 4.57 Å². The Kier molecular flexibility index (Phi) is 2.65. The van der Waals surface area contributed by atoms with Crippen LogP contribution in [0.5, 0.6) is 0 Å². The average molecular weight is 145 g/mol. The van der Waals surface area contributed by atoms with Gasteiger partial charge in [-0.3, -0.25) is 0 Å². The Hall–Kier alpha value is 0.0969. The van der Waals surface area contributed by atoms with E-state index in [1.165, 1.54) is 19.3 Å². The molecule has 0 aromatic carbocycles. The zero-order valence-corrected chi connectivity index (χ0v) is 6.87. The Bertz CT molecular complexity index is 80.3. The summed E-state index contributed by atoms with van der Waals surface area (Å²) >= 11 is 0. The summed E-state index contributed by atoms with van der Waals surface area (Å²) in [6.07, 6.45) is 3.94. The van der Waals surface area contributed by atoms with Crippen molar-refractivity contribution in [2.45, 2.75) is 19.3 Å². The molecule has 0 atom stereocenters. The fourth-order valence-electron chi connectivity index (χ4n) is 1.22. The van der Waals surface area contributed by atoms with Crippen molar-refractivity contribution < 1.29 is 0 Å². The van der Waals surface area contributed by atoms with Crippen LogP contribution in [0.15, 0.2) is 0 Å². The fraction of sp³-hybridized carbons (Fsp3) is 1.00. The molecule has 1 fully saturated rings. The lowest BCUT2D eigenvalue weighted by atomic mass is 10.2. The predicted molar refractivity (Wildman–Crippen MR) is 40.9 cm³/mol. The third kappa shape index (κ3) is 2.06. The molecule has 0 bridgehead atoms. The second-order valence-electron chi connectivity index (χ2n) is 2.59. The summed E-state index contributed by atoms with van der Waals surface area (Å²) in [5, 5.41) is 11.2. The first kappa shape index (κ1) is 7.21. The van der Waals surface area contributed by atoms with Crippen molar-refractivity contribution in [1.82, 2.24) is 4.57 Å². The third-order valence-electron chi connectivity index (χ3n) is 1.81. The first-order valence-corrected chi connectivity index (χ1v) is 5.41. The smallest absolute Gasteiger partial charge is 0.261 e. The van der Waals surface area contributed by atoms with Crippen LogP contribution in [0.25, 0.3) is 0 Å². The molecule has 54 valence electrons. The molecular weight excluding hydrogens is 130 g/mol. The standard InChI is InChI=1S/C5H15N3Si/c6-9(7)8-4-2-1-3-5-8/h9H,1-7H2. The van der Waals surface area contributed by atoms with E-state index in [4.69, 9.17) is 10.8 Å². The number of piperidine rings is 1. The highest BCUT2D eigenvalue weighted by Crippen LogP contribution is 2.06. The Labute approximate surface area is 57.9 Å². The Morgan fingerprint density at radius 1 is 1.00 bits per heavy atom. The first-order valence-electron chi connectivity index (χ1n) is 3.56. The van der Waals surface area contributed by atoms with E-state index < -0.39 is 9.28 Å². The third-order valence-corrected chi connectivity index (χ3v) is 3.17. The molecule has 9 heavy (non-hydrogen) atoms. The molecule has 0 unspecified atom stereocenters. The molecule has 1 rings (SSSR count). The van der Waals surface area contributed by atoms with E-state index >= 15 is 0 Å². The van der Waals surface area contributed by atoms with Gasteiger partial charge in [0.2, 0.25) is 0 Å². The normalized spacial score (nSPS) is 23.0. The SMILES string of the molecule is N[SiH](N)N1CCCCC1. The van der Waals surface area contributed by atoms with Crippen molar-refractivity contribution in [3.63, 3.8) is 0 Å². The summed E-state index contributed by atoms with van der Waals surface area (Å²) in [7, 11) is -1.42. The van der Waals surface area contributed by atoms with Gasteiger partial charge in [-0.05, 0) is 25.9 Å². The summed E-state index contributed by atoms with van der Waals surface area (Å²) < 4.78 is 2.25. The van der Waals surface area contributed by atoms with Crippen molar-refractivity contribution in [2.75, 3.05) is 13.1 Å². The minimum Gasteiger partial charge on any atom is -0.329 e. The molecule has 0 aromatic heterocycles. The maximum Gasteiger partial charge on any atom is 0.261 e. The number of hydrogen-bond donors (Lipinski definition) is 2. The van der Waals surface area contributed by atoms with Crippen molar-refractivity contribution in [2.24, 2.45) is 10.8 Å². The quantitative estimate of drug-likeness (QED) is 0.471. The Morgan fingerprint density at radius 2 is 1.56 bits per heavy atom.